The molecule has 3 aromatic rings. The smallest absolute Gasteiger partial charge is 0.303 e. The molecule has 4 heterocycles. The van der Waals surface area contributed by atoms with E-state index in [9.17, 15) is 4.79 Å². The minimum Gasteiger partial charge on any atom is -0.481 e. The second-order valence-electron chi connectivity index (χ2n) is 10.3. The third-order valence-corrected chi connectivity index (χ3v) is 7.69. The number of likely N-dealkylation sites (tertiary alicyclic amines) is 1. The third kappa shape index (κ3) is 7.57. The summed E-state index contributed by atoms with van der Waals surface area (Å²) in [7, 11) is 0. The van der Waals surface area contributed by atoms with E-state index in [1.165, 1.54) is 0 Å². The molecule has 1 aromatic carbocycles. The van der Waals surface area contributed by atoms with Crippen molar-refractivity contribution in [3.8, 4) is 22.9 Å². The molecule has 3 N–H and O–H groups in total. The van der Waals surface area contributed by atoms with Crippen molar-refractivity contribution >= 4 is 35.1 Å². The maximum Gasteiger partial charge on any atom is 0.303 e. The zero-order valence-electron chi connectivity index (χ0n) is 21.6. The van der Waals surface area contributed by atoms with Crippen molar-refractivity contribution in [2.45, 2.75) is 44.7 Å². The number of hydrogen-bond donors (Lipinski definition) is 2. The van der Waals surface area contributed by atoms with E-state index >= 15 is 0 Å². The van der Waals surface area contributed by atoms with Crippen LogP contribution in [-0.2, 0) is 11.3 Å². The number of nitrogens with two attached hydrogens (primary N) is 1. The topological polar surface area (TPSA) is 118 Å². The van der Waals surface area contributed by atoms with Crippen LogP contribution in [0.5, 0.6) is 11.6 Å². The molecule has 0 spiro atoms. The van der Waals surface area contributed by atoms with Gasteiger partial charge in [0, 0.05) is 53.8 Å². The summed E-state index contributed by atoms with van der Waals surface area (Å²) in [6.07, 6.45) is 7.13. The van der Waals surface area contributed by atoms with E-state index in [1.807, 2.05) is 24.3 Å². The molecule has 9 nitrogen and oxygen atoms in total. The molecule has 0 bridgehead atoms. The Balaban J connectivity index is 1.35. The van der Waals surface area contributed by atoms with Crippen LogP contribution in [-0.4, -0.2) is 63.1 Å². The monoisotopic (exact) mass is 570 g/mol. The number of nitrogens with zero attached hydrogens (tertiary/aromatic N) is 5. The highest BCUT2D eigenvalue weighted by atomic mass is 35.5. The number of carboxylic acid groups (broad SMARTS) is 1. The summed E-state index contributed by atoms with van der Waals surface area (Å²) in [5.74, 6) is 1.06. The maximum atomic E-state index is 11.1. The van der Waals surface area contributed by atoms with Crippen LogP contribution in [0.2, 0.25) is 10.0 Å². The van der Waals surface area contributed by atoms with Gasteiger partial charge in [0.25, 0.3) is 0 Å². The fraction of sp³-hybridized carbons (Fsp3) is 0.429. The number of hydrogen-bond acceptors (Lipinski definition) is 8. The molecule has 0 amide bonds. The highest BCUT2D eigenvalue weighted by molar-refractivity contribution is 6.35. The molecule has 39 heavy (non-hydrogen) atoms. The molecular weight excluding hydrogens is 539 g/mol. The highest BCUT2D eigenvalue weighted by Gasteiger charge is 2.22. The largest absolute Gasteiger partial charge is 0.481 e. The Morgan fingerprint density at radius 2 is 1.64 bits per heavy atom. The molecule has 2 aliphatic heterocycles. The van der Waals surface area contributed by atoms with Gasteiger partial charge in [0.05, 0.1) is 18.1 Å². The van der Waals surface area contributed by atoms with E-state index in [0.717, 1.165) is 63.0 Å². The average Bonchev–Trinajstić information content (AvgIpc) is 2.90. The first-order valence-electron chi connectivity index (χ1n) is 13.2. The quantitative estimate of drug-likeness (QED) is 0.374. The summed E-state index contributed by atoms with van der Waals surface area (Å²) in [5.41, 5.74) is 8.51. The minimum atomic E-state index is -0.730. The number of pyridine rings is 1. The molecule has 0 aliphatic carbocycles. The van der Waals surface area contributed by atoms with Gasteiger partial charge in [-0.3, -0.25) is 9.69 Å². The number of anilines is 1. The van der Waals surface area contributed by atoms with Gasteiger partial charge in [-0.1, -0.05) is 23.2 Å². The lowest BCUT2D eigenvalue weighted by molar-refractivity contribution is -0.138. The predicted octanol–water partition coefficient (Wildman–Crippen LogP) is 5.25. The lowest BCUT2D eigenvalue weighted by Crippen LogP contribution is -2.40. The molecular formula is C28H32Cl2N6O3. The third-order valence-electron chi connectivity index (χ3n) is 7.26. The zero-order valence-corrected chi connectivity index (χ0v) is 23.1. The predicted molar refractivity (Wildman–Crippen MR) is 151 cm³/mol. The van der Waals surface area contributed by atoms with Gasteiger partial charge in [0.2, 0.25) is 11.8 Å². The first-order chi connectivity index (χ1) is 18.8. The first kappa shape index (κ1) is 27.6. The van der Waals surface area contributed by atoms with Crippen molar-refractivity contribution in [3.05, 3.63) is 58.3 Å². The fourth-order valence-corrected chi connectivity index (χ4v) is 5.68. The Bertz CT molecular complexity index is 1270. The van der Waals surface area contributed by atoms with Gasteiger partial charge in [-0.25, -0.2) is 15.0 Å². The van der Waals surface area contributed by atoms with E-state index < -0.39 is 5.97 Å². The Morgan fingerprint density at radius 3 is 2.28 bits per heavy atom. The van der Waals surface area contributed by atoms with Gasteiger partial charge in [-0.05, 0) is 74.5 Å². The van der Waals surface area contributed by atoms with Crippen molar-refractivity contribution in [2.24, 2.45) is 11.7 Å². The number of benzene rings is 1. The number of ether oxygens (including phenoxy) is 1. The van der Waals surface area contributed by atoms with Crippen LogP contribution < -0.4 is 15.4 Å². The molecule has 0 radical (unpaired) electrons. The molecule has 5 rings (SSSR count). The summed E-state index contributed by atoms with van der Waals surface area (Å²) < 4.78 is 6.13. The molecule has 0 unspecified atom stereocenters. The van der Waals surface area contributed by atoms with Crippen LogP contribution in [0.25, 0.3) is 11.3 Å². The summed E-state index contributed by atoms with van der Waals surface area (Å²) in [6.45, 7) is 4.04. The van der Waals surface area contributed by atoms with Gasteiger partial charge >= 0.3 is 5.97 Å². The molecule has 2 saturated heterocycles. The van der Waals surface area contributed by atoms with E-state index in [1.54, 1.807) is 18.5 Å². The number of carbonyl (C=O) groups is 1. The van der Waals surface area contributed by atoms with Gasteiger partial charge in [-0.15, -0.1) is 0 Å². The number of aromatic nitrogens is 3. The maximum absolute atomic E-state index is 11.1. The lowest BCUT2D eigenvalue weighted by Gasteiger charge is -2.31. The Labute approximate surface area is 237 Å². The molecule has 0 atom stereocenters. The zero-order chi connectivity index (χ0) is 27.4. The molecule has 0 saturated carbocycles. The van der Waals surface area contributed by atoms with Crippen LogP contribution in [0, 0.1) is 5.92 Å². The fourth-order valence-electron chi connectivity index (χ4n) is 5.15. The van der Waals surface area contributed by atoms with Crippen LogP contribution in [0.3, 0.4) is 0 Å². The van der Waals surface area contributed by atoms with Gasteiger partial charge in [-0.2, -0.15) is 0 Å². The number of halogens is 2. The van der Waals surface area contributed by atoms with Crippen molar-refractivity contribution in [1.29, 1.82) is 0 Å². The van der Waals surface area contributed by atoms with Gasteiger partial charge in [0.15, 0.2) is 5.75 Å². The summed E-state index contributed by atoms with van der Waals surface area (Å²) in [4.78, 5) is 29.3. The van der Waals surface area contributed by atoms with Gasteiger partial charge in [0.1, 0.15) is 0 Å². The second-order valence-corrected chi connectivity index (χ2v) is 11.2. The van der Waals surface area contributed by atoms with Crippen molar-refractivity contribution in [3.63, 3.8) is 0 Å². The highest BCUT2D eigenvalue weighted by Crippen LogP contribution is 2.31. The number of aliphatic carboxylic acids is 1. The van der Waals surface area contributed by atoms with Crippen LogP contribution >= 0.6 is 23.2 Å². The number of rotatable bonds is 8. The Morgan fingerprint density at radius 1 is 0.974 bits per heavy atom. The second kappa shape index (κ2) is 12.5. The summed E-state index contributed by atoms with van der Waals surface area (Å²) in [6, 6.07) is 9.50. The van der Waals surface area contributed by atoms with Crippen LogP contribution in [0.4, 0.5) is 5.95 Å². The molecule has 2 aliphatic rings. The first-order valence-corrected chi connectivity index (χ1v) is 14.0. The Kier molecular flexibility index (Phi) is 8.82. The molecule has 11 heteroatoms. The van der Waals surface area contributed by atoms with Crippen LogP contribution in [0.15, 0.2) is 42.7 Å². The Hall–Kier alpha value is -2.98. The van der Waals surface area contributed by atoms with E-state index in [4.69, 9.17) is 43.8 Å². The van der Waals surface area contributed by atoms with E-state index in [2.05, 4.69) is 19.8 Å². The molecule has 2 aromatic heterocycles. The van der Waals surface area contributed by atoms with E-state index in [0.29, 0.717) is 39.9 Å². The van der Waals surface area contributed by atoms with Gasteiger partial charge < -0.3 is 20.5 Å². The van der Waals surface area contributed by atoms with E-state index in [-0.39, 0.29) is 18.4 Å². The molecule has 2 fully saturated rings. The summed E-state index contributed by atoms with van der Waals surface area (Å²) >= 11 is 12.6. The minimum absolute atomic E-state index is 0.226. The number of piperidine rings is 2. The molecule has 206 valence electrons. The average molecular weight is 572 g/mol. The lowest BCUT2D eigenvalue weighted by atomic mass is 9.93. The van der Waals surface area contributed by atoms with Crippen molar-refractivity contribution in [2.75, 3.05) is 31.1 Å². The van der Waals surface area contributed by atoms with Crippen molar-refractivity contribution < 1.29 is 14.6 Å². The van der Waals surface area contributed by atoms with Crippen molar-refractivity contribution in [1.82, 2.24) is 19.9 Å². The standard InChI is InChI=1S/C28H32Cl2N6O3/c29-21-12-20(13-22(30)14-21)25-9-19(17-35-5-1-18(2-6-35)11-27(37)38)10-26(34-25)39-24-15-32-28(33-16-24)36-7-3-23(31)4-8-36/h9-10,12-16,18,23H,1-8,11,17,31H2,(H,37,38). The SMILES string of the molecule is NC1CCN(c2ncc(Oc3cc(CN4CCC(CC(=O)O)CC4)cc(-c4cc(Cl)cc(Cl)c4)n3)cn2)CC1. The normalized spacial score (nSPS) is 17.4. The van der Waals surface area contributed by atoms with Crippen LogP contribution in [0.1, 0.15) is 37.7 Å². The number of carboxylic acids is 1. The summed E-state index contributed by atoms with van der Waals surface area (Å²) in [5, 5.41) is 10.2.